The Morgan fingerprint density at radius 2 is 1.79 bits per heavy atom. The predicted octanol–water partition coefficient (Wildman–Crippen LogP) is 3.76. The van der Waals surface area contributed by atoms with E-state index in [1.165, 1.54) is 0 Å². The topological polar surface area (TPSA) is 77.5 Å². The van der Waals surface area contributed by atoms with Crippen molar-refractivity contribution in [1.82, 2.24) is 0 Å². The molecule has 0 radical (unpaired) electrons. The number of hydrogen-bond donors (Lipinski definition) is 0. The van der Waals surface area contributed by atoms with E-state index in [9.17, 15) is 18.0 Å². The zero-order valence-electron chi connectivity index (χ0n) is 17.6. The summed E-state index contributed by atoms with van der Waals surface area (Å²) in [6, 6.07) is 0. The molecule has 8 atom stereocenters. The first-order chi connectivity index (χ1) is 13.0. The van der Waals surface area contributed by atoms with Gasteiger partial charge >= 0.3 is 0 Å². The van der Waals surface area contributed by atoms with Gasteiger partial charge in [0.25, 0.3) is 10.1 Å². The second-order valence-corrected chi connectivity index (χ2v) is 12.2. The molecule has 0 spiro atoms. The average molecular weight is 411 g/mol. The van der Waals surface area contributed by atoms with Crippen molar-refractivity contribution in [1.29, 1.82) is 0 Å². The fourth-order valence-corrected chi connectivity index (χ4v) is 8.71. The molecule has 0 amide bonds. The van der Waals surface area contributed by atoms with Crippen LogP contribution < -0.4 is 0 Å². The van der Waals surface area contributed by atoms with Crippen LogP contribution in [0.4, 0.5) is 0 Å². The Labute approximate surface area is 169 Å². The number of hydrogen-bond acceptors (Lipinski definition) is 5. The van der Waals surface area contributed by atoms with Crippen LogP contribution in [0.15, 0.2) is 0 Å². The van der Waals surface area contributed by atoms with E-state index in [0.29, 0.717) is 36.4 Å². The number of carbonyl (C=O) groups excluding carboxylic acids is 2. The van der Waals surface area contributed by atoms with E-state index in [1.54, 1.807) is 6.92 Å². The molecule has 4 saturated carbocycles. The van der Waals surface area contributed by atoms with E-state index in [0.717, 1.165) is 44.8 Å². The van der Waals surface area contributed by atoms with Gasteiger partial charge in [-0.1, -0.05) is 13.8 Å². The Balaban J connectivity index is 1.59. The monoisotopic (exact) mass is 410 g/mol. The number of fused-ring (bicyclic) bond motifs is 5. The molecule has 4 fully saturated rings. The highest BCUT2D eigenvalue weighted by molar-refractivity contribution is 7.86. The minimum absolute atomic E-state index is 0.0341. The lowest BCUT2D eigenvalue weighted by Crippen LogP contribution is -2.58. The van der Waals surface area contributed by atoms with Gasteiger partial charge in [-0.3, -0.25) is 13.8 Å². The van der Waals surface area contributed by atoms with Gasteiger partial charge in [0, 0.05) is 18.3 Å². The fourth-order valence-electron chi connectivity index (χ4n) is 8.04. The van der Waals surface area contributed by atoms with Crippen LogP contribution in [0.1, 0.15) is 72.1 Å². The zero-order valence-corrected chi connectivity index (χ0v) is 18.4. The minimum Gasteiger partial charge on any atom is -0.300 e. The lowest BCUT2D eigenvalue weighted by Gasteiger charge is -2.59. The van der Waals surface area contributed by atoms with Crippen LogP contribution in [0.25, 0.3) is 0 Å². The van der Waals surface area contributed by atoms with Gasteiger partial charge in [-0.25, -0.2) is 0 Å². The highest BCUT2D eigenvalue weighted by Crippen LogP contribution is 2.66. The van der Waals surface area contributed by atoms with Gasteiger partial charge in [-0.2, -0.15) is 8.42 Å². The van der Waals surface area contributed by atoms with Gasteiger partial charge in [0.05, 0.1) is 12.4 Å². The van der Waals surface area contributed by atoms with Crippen molar-refractivity contribution >= 4 is 21.7 Å². The second-order valence-electron chi connectivity index (χ2n) is 10.6. The van der Waals surface area contributed by atoms with Crippen LogP contribution in [-0.2, 0) is 23.9 Å². The molecule has 158 valence electrons. The van der Waals surface area contributed by atoms with E-state index in [-0.39, 0.29) is 34.6 Å². The van der Waals surface area contributed by atoms with Crippen LogP contribution >= 0.6 is 0 Å². The van der Waals surface area contributed by atoms with Gasteiger partial charge in [0.15, 0.2) is 0 Å². The minimum atomic E-state index is -3.45. The van der Waals surface area contributed by atoms with Crippen molar-refractivity contribution < 1.29 is 22.2 Å². The Kier molecular flexibility index (Phi) is 4.86. The number of carbonyl (C=O) groups is 2. The van der Waals surface area contributed by atoms with Crippen molar-refractivity contribution in [3.8, 4) is 0 Å². The maximum atomic E-state index is 13.5. The van der Waals surface area contributed by atoms with Crippen molar-refractivity contribution in [2.24, 2.45) is 40.4 Å². The van der Waals surface area contributed by atoms with Crippen LogP contribution in [0.2, 0.25) is 0 Å². The maximum Gasteiger partial charge on any atom is 0.264 e. The molecule has 28 heavy (non-hydrogen) atoms. The van der Waals surface area contributed by atoms with E-state index >= 15 is 0 Å². The largest absolute Gasteiger partial charge is 0.300 e. The Morgan fingerprint density at radius 3 is 2.43 bits per heavy atom. The van der Waals surface area contributed by atoms with E-state index in [4.69, 9.17) is 4.18 Å². The number of ketones is 2. The van der Waals surface area contributed by atoms with E-state index in [1.807, 2.05) is 0 Å². The number of rotatable bonds is 3. The van der Waals surface area contributed by atoms with Crippen molar-refractivity contribution in [3.63, 3.8) is 0 Å². The summed E-state index contributed by atoms with van der Waals surface area (Å²) in [5.74, 6) is 1.88. The molecule has 0 aromatic carbocycles. The molecular weight excluding hydrogens is 376 g/mol. The van der Waals surface area contributed by atoms with E-state index in [2.05, 4.69) is 13.8 Å². The Morgan fingerprint density at radius 1 is 1.07 bits per heavy atom. The fraction of sp³-hybridized carbons (Fsp3) is 0.909. The Hall–Kier alpha value is -0.750. The molecule has 0 heterocycles. The molecule has 4 aliphatic rings. The molecule has 4 aliphatic carbocycles. The summed E-state index contributed by atoms with van der Waals surface area (Å²) in [6.45, 7) is 6.15. The first-order valence-corrected chi connectivity index (χ1v) is 12.7. The molecule has 0 N–H and O–H groups in total. The third-order valence-corrected chi connectivity index (χ3v) is 9.72. The van der Waals surface area contributed by atoms with Gasteiger partial charge in [-0.05, 0) is 80.5 Å². The predicted molar refractivity (Wildman–Crippen MR) is 106 cm³/mol. The molecule has 4 rings (SSSR count). The smallest absolute Gasteiger partial charge is 0.264 e. The van der Waals surface area contributed by atoms with Crippen molar-refractivity contribution in [3.05, 3.63) is 0 Å². The lowest BCUT2D eigenvalue weighted by atomic mass is 9.44. The highest BCUT2D eigenvalue weighted by Gasteiger charge is 2.63. The summed E-state index contributed by atoms with van der Waals surface area (Å²) < 4.78 is 28.4. The van der Waals surface area contributed by atoms with Crippen molar-refractivity contribution in [2.75, 3.05) is 6.26 Å². The number of Topliss-reactive ketones (excluding diaryl/α,β-unsaturated/α-hetero) is 2. The van der Waals surface area contributed by atoms with Gasteiger partial charge in [-0.15, -0.1) is 0 Å². The third-order valence-electron chi connectivity index (χ3n) is 9.10. The molecule has 0 aliphatic heterocycles. The van der Waals surface area contributed by atoms with Gasteiger partial charge in [0.2, 0.25) is 0 Å². The lowest BCUT2D eigenvalue weighted by molar-refractivity contribution is -0.161. The molecule has 0 saturated heterocycles. The average Bonchev–Trinajstić information content (AvgIpc) is 2.90. The van der Waals surface area contributed by atoms with E-state index < -0.39 is 10.1 Å². The molecule has 0 unspecified atom stereocenters. The molecule has 0 bridgehead atoms. The van der Waals surface area contributed by atoms with Crippen LogP contribution in [0.3, 0.4) is 0 Å². The molecule has 0 aromatic heterocycles. The van der Waals surface area contributed by atoms with Crippen LogP contribution in [0.5, 0.6) is 0 Å². The SMILES string of the molecule is CC(=O)[C@H]1CC[C@H]2[C@@H]3CC[C@H]4C[C@@H](OS(C)(=O)=O)CC[C@]4(C)[C@H]3C(=O)C[C@]12C. The quantitative estimate of drug-likeness (QED) is 0.662. The molecule has 5 nitrogen and oxygen atoms in total. The maximum absolute atomic E-state index is 13.5. The summed E-state index contributed by atoms with van der Waals surface area (Å²) in [5.41, 5.74) is -0.225. The summed E-state index contributed by atoms with van der Waals surface area (Å²) in [7, 11) is -3.45. The third kappa shape index (κ3) is 3.10. The highest BCUT2D eigenvalue weighted by atomic mass is 32.2. The van der Waals surface area contributed by atoms with Crippen LogP contribution in [-0.4, -0.2) is 32.3 Å². The normalized spacial score (nSPS) is 48.5. The van der Waals surface area contributed by atoms with Crippen LogP contribution in [0, 0.1) is 40.4 Å². The summed E-state index contributed by atoms with van der Waals surface area (Å²) in [4.78, 5) is 25.7. The first-order valence-electron chi connectivity index (χ1n) is 10.9. The molecular formula is C22H34O5S. The van der Waals surface area contributed by atoms with Crippen molar-refractivity contribution in [2.45, 2.75) is 78.2 Å². The van der Waals surface area contributed by atoms with Gasteiger partial charge < -0.3 is 0 Å². The second kappa shape index (κ2) is 6.63. The molecule has 0 aromatic rings. The van der Waals surface area contributed by atoms with Gasteiger partial charge in [0.1, 0.15) is 11.6 Å². The first kappa shape index (κ1) is 20.5. The summed E-state index contributed by atoms with van der Waals surface area (Å²) >= 11 is 0. The molecule has 6 heteroatoms. The standard InChI is InChI=1S/C22H34O5S/c1-13(23)17-7-8-18-16-6-5-14-11-15(27-28(4,25)26)9-10-21(14,2)20(16)19(24)12-22(17,18)3/h14-18,20H,5-12H2,1-4H3/t14-,15-,16-,17+,18-,20+,21-,22+/m0/s1. The summed E-state index contributed by atoms with van der Waals surface area (Å²) in [5, 5.41) is 0. The summed E-state index contributed by atoms with van der Waals surface area (Å²) in [6.07, 6.45) is 7.74. The Bertz CT molecular complexity index is 789. The zero-order chi connectivity index (χ0) is 20.5.